The Morgan fingerprint density at radius 1 is 1.14 bits per heavy atom. The molecule has 3 aromatic rings. The molecule has 29 heavy (non-hydrogen) atoms. The van der Waals surface area contributed by atoms with E-state index in [2.05, 4.69) is 23.3 Å². The molecule has 0 N–H and O–H groups in total. The van der Waals surface area contributed by atoms with E-state index in [1.807, 2.05) is 18.2 Å². The molecule has 2 heterocycles. The Kier molecular flexibility index (Phi) is 5.35. The first-order chi connectivity index (χ1) is 14.1. The van der Waals surface area contributed by atoms with Gasteiger partial charge in [0.15, 0.2) is 11.5 Å². The number of nitro benzene ring substituents is 1. The van der Waals surface area contributed by atoms with Gasteiger partial charge in [-0.3, -0.25) is 10.1 Å². The van der Waals surface area contributed by atoms with Crippen LogP contribution >= 0.6 is 0 Å². The van der Waals surface area contributed by atoms with Gasteiger partial charge < -0.3 is 18.9 Å². The zero-order valence-corrected chi connectivity index (χ0v) is 16.6. The van der Waals surface area contributed by atoms with Crippen molar-refractivity contribution in [2.75, 3.05) is 26.4 Å². The molecular weight excluding hydrogens is 372 g/mol. The number of nitro groups is 1. The molecule has 0 saturated carbocycles. The lowest BCUT2D eigenvalue weighted by Gasteiger charge is -2.19. The molecule has 8 nitrogen and oxygen atoms in total. The number of likely N-dealkylation sites (N-methyl/N-ethyl adjacent to an activating group) is 1. The molecule has 0 amide bonds. The van der Waals surface area contributed by atoms with Crippen LogP contribution in [0.4, 0.5) is 5.69 Å². The lowest BCUT2D eigenvalue weighted by Crippen LogP contribution is -2.27. The van der Waals surface area contributed by atoms with E-state index >= 15 is 0 Å². The number of imidazole rings is 1. The fraction of sp³-hybridized carbons (Fsp3) is 0.381. The number of rotatable bonds is 8. The van der Waals surface area contributed by atoms with Crippen molar-refractivity contribution in [1.29, 1.82) is 0 Å². The molecule has 1 aliphatic rings. The summed E-state index contributed by atoms with van der Waals surface area (Å²) in [6.45, 7) is 8.15. The quantitative estimate of drug-likeness (QED) is 0.427. The number of fused-ring (bicyclic) bond motifs is 2. The minimum atomic E-state index is -0.383. The molecular formula is C21H24N4O4. The molecule has 0 radical (unpaired) electrons. The minimum absolute atomic E-state index is 0.0560. The third-order valence-corrected chi connectivity index (χ3v) is 5.36. The van der Waals surface area contributed by atoms with Crippen LogP contribution in [0.25, 0.3) is 11.0 Å². The molecule has 152 valence electrons. The maximum absolute atomic E-state index is 11.2. The highest BCUT2D eigenvalue weighted by Crippen LogP contribution is 2.33. The molecule has 1 aromatic heterocycles. The number of ether oxygens (including phenoxy) is 2. The van der Waals surface area contributed by atoms with Crippen molar-refractivity contribution in [2.45, 2.75) is 26.8 Å². The van der Waals surface area contributed by atoms with Gasteiger partial charge in [0.25, 0.3) is 5.69 Å². The van der Waals surface area contributed by atoms with Crippen LogP contribution in [-0.4, -0.2) is 45.8 Å². The minimum Gasteiger partial charge on any atom is -0.454 e. The SMILES string of the molecule is CCN(CC)CCn1c(Cc2ccc3c(c2)OCO3)nc2cc([N+](=O)[O-])ccc21. The molecule has 0 saturated heterocycles. The molecule has 0 spiro atoms. The van der Waals surface area contributed by atoms with Crippen LogP contribution in [0.1, 0.15) is 25.2 Å². The van der Waals surface area contributed by atoms with E-state index in [0.717, 1.165) is 54.6 Å². The summed E-state index contributed by atoms with van der Waals surface area (Å²) in [4.78, 5) is 17.9. The summed E-state index contributed by atoms with van der Waals surface area (Å²) in [5, 5.41) is 11.2. The first kappa shape index (κ1) is 19.2. The second-order valence-corrected chi connectivity index (χ2v) is 7.00. The van der Waals surface area contributed by atoms with E-state index < -0.39 is 0 Å². The Balaban J connectivity index is 1.70. The normalized spacial score (nSPS) is 12.8. The highest BCUT2D eigenvalue weighted by molar-refractivity contribution is 5.79. The van der Waals surface area contributed by atoms with E-state index in [-0.39, 0.29) is 17.4 Å². The Morgan fingerprint density at radius 3 is 2.69 bits per heavy atom. The lowest BCUT2D eigenvalue weighted by atomic mass is 10.1. The van der Waals surface area contributed by atoms with Crippen molar-refractivity contribution in [3.63, 3.8) is 0 Å². The van der Waals surface area contributed by atoms with E-state index in [4.69, 9.17) is 14.5 Å². The first-order valence-electron chi connectivity index (χ1n) is 9.83. The van der Waals surface area contributed by atoms with Gasteiger partial charge in [-0.05, 0) is 36.9 Å². The fourth-order valence-corrected chi connectivity index (χ4v) is 3.68. The standard InChI is InChI=1S/C21H24N4O4/c1-3-23(4-2)9-10-24-18-7-6-16(25(26)27)13-17(18)22-21(24)12-15-5-8-19-20(11-15)29-14-28-19/h5-8,11,13H,3-4,9-10,12,14H2,1-2H3. The van der Waals surface area contributed by atoms with Gasteiger partial charge in [0, 0.05) is 31.6 Å². The Morgan fingerprint density at radius 2 is 1.93 bits per heavy atom. The van der Waals surface area contributed by atoms with Crippen LogP contribution in [0.3, 0.4) is 0 Å². The van der Waals surface area contributed by atoms with Gasteiger partial charge in [-0.25, -0.2) is 4.98 Å². The van der Waals surface area contributed by atoms with Crippen molar-refractivity contribution in [1.82, 2.24) is 14.5 Å². The predicted molar refractivity (Wildman–Crippen MR) is 110 cm³/mol. The lowest BCUT2D eigenvalue weighted by molar-refractivity contribution is -0.384. The van der Waals surface area contributed by atoms with Crippen LogP contribution in [0.5, 0.6) is 11.5 Å². The topological polar surface area (TPSA) is 82.7 Å². The van der Waals surface area contributed by atoms with E-state index in [1.165, 1.54) is 0 Å². The maximum Gasteiger partial charge on any atom is 0.271 e. The molecule has 0 aliphatic carbocycles. The Bertz CT molecular complexity index is 1040. The molecule has 0 unspecified atom stereocenters. The fourth-order valence-electron chi connectivity index (χ4n) is 3.68. The van der Waals surface area contributed by atoms with E-state index in [1.54, 1.807) is 18.2 Å². The average molecular weight is 396 g/mol. The van der Waals surface area contributed by atoms with Crippen LogP contribution in [0.2, 0.25) is 0 Å². The van der Waals surface area contributed by atoms with E-state index in [0.29, 0.717) is 11.9 Å². The number of hydrogen-bond donors (Lipinski definition) is 0. The smallest absolute Gasteiger partial charge is 0.271 e. The summed E-state index contributed by atoms with van der Waals surface area (Å²) in [6.07, 6.45) is 0.608. The second kappa shape index (κ2) is 8.08. The van der Waals surface area contributed by atoms with E-state index in [9.17, 15) is 10.1 Å². The number of aromatic nitrogens is 2. The highest BCUT2D eigenvalue weighted by atomic mass is 16.7. The van der Waals surface area contributed by atoms with Gasteiger partial charge >= 0.3 is 0 Å². The molecule has 1 aliphatic heterocycles. The summed E-state index contributed by atoms with van der Waals surface area (Å²) in [7, 11) is 0. The largest absolute Gasteiger partial charge is 0.454 e. The Hall–Kier alpha value is -3.13. The number of hydrogen-bond acceptors (Lipinski definition) is 6. The van der Waals surface area contributed by atoms with Gasteiger partial charge in [0.05, 0.1) is 16.0 Å². The Labute approximate surface area is 168 Å². The molecule has 2 aromatic carbocycles. The molecule has 8 heteroatoms. The van der Waals surface area contributed by atoms with Crippen LogP contribution in [0, 0.1) is 10.1 Å². The zero-order valence-electron chi connectivity index (χ0n) is 16.6. The van der Waals surface area contributed by atoms with Crippen molar-refractivity contribution < 1.29 is 14.4 Å². The average Bonchev–Trinajstić information content (AvgIpc) is 3.32. The van der Waals surface area contributed by atoms with Gasteiger partial charge in [-0.1, -0.05) is 19.9 Å². The summed E-state index contributed by atoms with van der Waals surface area (Å²) in [5.74, 6) is 2.37. The monoisotopic (exact) mass is 396 g/mol. The highest BCUT2D eigenvalue weighted by Gasteiger charge is 2.18. The van der Waals surface area contributed by atoms with Crippen molar-refractivity contribution >= 4 is 16.7 Å². The zero-order chi connectivity index (χ0) is 20.4. The molecule has 0 bridgehead atoms. The van der Waals surface area contributed by atoms with Gasteiger partial charge in [0.1, 0.15) is 5.82 Å². The number of benzene rings is 2. The second-order valence-electron chi connectivity index (χ2n) is 7.00. The number of non-ortho nitro benzene ring substituents is 1. The van der Waals surface area contributed by atoms with Gasteiger partial charge in [0.2, 0.25) is 6.79 Å². The van der Waals surface area contributed by atoms with Crippen LogP contribution in [-0.2, 0) is 13.0 Å². The third kappa shape index (κ3) is 3.88. The van der Waals surface area contributed by atoms with Crippen molar-refractivity contribution in [3.05, 3.63) is 57.9 Å². The number of nitrogens with zero attached hydrogens (tertiary/aromatic N) is 4. The maximum atomic E-state index is 11.2. The summed E-state index contributed by atoms with van der Waals surface area (Å²) in [6, 6.07) is 10.8. The first-order valence-corrected chi connectivity index (χ1v) is 9.83. The summed E-state index contributed by atoms with van der Waals surface area (Å²) < 4.78 is 13.0. The molecule has 4 rings (SSSR count). The van der Waals surface area contributed by atoms with Crippen LogP contribution in [0.15, 0.2) is 36.4 Å². The van der Waals surface area contributed by atoms with Gasteiger partial charge in [-0.15, -0.1) is 0 Å². The van der Waals surface area contributed by atoms with Crippen LogP contribution < -0.4 is 9.47 Å². The molecule has 0 atom stereocenters. The van der Waals surface area contributed by atoms with Crippen molar-refractivity contribution in [3.8, 4) is 11.5 Å². The summed E-state index contributed by atoms with van der Waals surface area (Å²) in [5.41, 5.74) is 2.68. The third-order valence-electron chi connectivity index (χ3n) is 5.36. The molecule has 0 fully saturated rings. The van der Waals surface area contributed by atoms with Gasteiger partial charge in [-0.2, -0.15) is 0 Å². The predicted octanol–water partition coefficient (Wildman–Crippen LogP) is 3.61. The van der Waals surface area contributed by atoms with Crippen molar-refractivity contribution in [2.24, 2.45) is 0 Å². The summed E-state index contributed by atoms with van der Waals surface area (Å²) >= 11 is 0.